The van der Waals surface area contributed by atoms with Crippen LogP contribution in [0.4, 0.5) is 0 Å². The zero-order chi connectivity index (χ0) is 12.1. The van der Waals surface area contributed by atoms with Crippen LogP contribution < -0.4 is 0 Å². The average Bonchev–Trinajstić information content (AvgIpc) is 2.78. The van der Waals surface area contributed by atoms with Gasteiger partial charge in [0.05, 0.1) is 6.54 Å². The molecule has 17 heavy (non-hydrogen) atoms. The minimum atomic E-state index is 0.753. The largest absolute Gasteiger partial charge is 0.334 e. The summed E-state index contributed by atoms with van der Waals surface area (Å²) in [6.07, 6.45) is 7.86. The Labute approximate surface area is 109 Å². The number of nitrogens with zero attached hydrogens (tertiary/aromatic N) is 3. The minimum absolute atomic E-state index is 0.753. The Balaban J connectivity index is 1.92. The Morgan fingerprint density at radius 2 is 2.24 bits per heavy atom. The summed E-state index contributed by atoms with van der Waals surface area (Å²) in [5.74, 6) is 3.85. The molecule has 1 aromatic heterocycles. The van der Waals surface area contributed by atoms with E-state index in [-0.39, 0.29) is 0 Å². The molecule has 2 heterocycles. The molecule has 96 valence electrons. The SMILES string of the molecule is CCCn1ccnc1CN(C)C1CCSCC1. The molecule has 1 fully saturated rings. The fraction of sp³-hybridized carbons (Fsp3) is 0.769. The normalized spacial score (nSPS) is 17.8. The third-order valence-electron chi connectivity index (χ3n) is 3.47. The first-order valence-electron chi connectivity index (χ1n) is 6.59. The lowest BCUT2D eigenvalue weighted by atomic mass is 10.1. The lowest BCUT2D eigenvalue weighted by molar-refractivity contribution is 0.213. The van der Waals surface area contributed by atoms with Gasteiger partial charge in [0.2, 0.25) is 0 Å². The smallest absolute Gasteiger partial charge is 0.122 e. The van der Waals surface area contributed by atoms with Crippen molar-refractivity contribution in [1.82, 2.24) is 14.5 Å². The molecule has 0 bridgehead atoms. The standard InChI is InChI=1S/C13H23N3S/c1-3-7-16-8-6-14-13(16)11-15(2)12-4-9-17-10-5-12/h6,8,12H,3-5,7,9-11H2,1-2H3. The van der Waals surface area contributed by atoms with E-state index in [1.807, 2.05) is 6.20 Å². The van der Waals surface area contributed by atoms with Crippen LogP contribution in [0.25, 0.3) is 0 Å². The minimum Gasteiger partial charge on any atom is -0.334 e. The van der Waals surface area contributed by atoms with E-state index in [2.05, 4.69) is 46.4 Å². The van der Waals surface area contributed by atoms with Gasteiger partial charge >= 0.3 is 0 Å². The highest BCUT2D eigenvalue weighted by Crippen LogP contribution is 2.21. The van der Waals surface area contributed by atoms with Gasteiger partial charge in [-0.1, -0.05) is 6.92 Å². The third-order valence-corrected chi connectivity index (χ3v) is 4.52. The number of thioether (sulfide) groups is 1. The van der Waals surface area contributed by atoms with Crippen molar-refractivity contribution in [3.8, 4) is 0 Å². The summed E-state index contributed by atoms with van der Waals surface area (Å²) < 4.78 is 2.29. The van der Waals surface area contributed by atoms with Gasteiger partial charge in [0, 0.05) is 25.0 Å². The van der Waals surface area contributed by atoms with E-state index < -0.39 is 0 Å². The van der Waals surface area contributed by atoms with Crippen LogP contribution in [0, 0.1) is 0 Å². The molecule has 0 atom stereocenters. The van der Waals surface area contributed by atoms with Crippen molar-refractivity contribution < 1.29 is 0 Å². The summed E-state index contributed by atoms with van der Waals surface area (Å²) in [5.41, 5.74) is 0. The van der Waals surface area contributed by atoms with E-state index in [1.54, 1.807) is 0 Å². The summed E-state index contributed by atoms with van der Waals surface area (Å²) in [4.78, 5) is 6.97. The first kappa shape index (κ1) is 13.0. The number of imidazole rings is 1. The predicted molar refractivity (Wildman–Crippen MR) is 74.3 cm³/mol. The second-order valence-corrected chi connectivity index (χ2v) is 6.02. The molecule has 0 amide bonds. The molecule has 0 radical (unpaired) electrons. The number of hydrogen-bond donors (Lipinski definition) is 0. The number of aryl methyl sites for hydroxylation is 1. The molecule has 1 aromatic rings. The highest BCUT2D eigenvalue weighted by Gasteiger charge is 2.19. The first-order valence-corrected chi connectivity index (χ1v) is 7.74. The highest BCUT2D eigenvalue weighted by molar-refractivity contribution is 7.99. The summed E-state index contributed by atoms with van der Waals surface area (Å²) in [6.45, 7) is 4.29. The maximum atomic E-state index is 4.49. The molecule has 1 aliphatic heterocycles. The van der Waals surface area contributed by atoms with Crippen molar-refractivity contribution in [3.05, 3.63) is 18.2 Å². The van der Waals surface area contributed by atoms with E-state index in [9.17, 15) is 0 Å². The molecule has 0 aromatic carbocycles. The summed E-state index contributed by atoms with van der Waals surface area (Å²) in [5, 5.41) is 0. The van der Waals surface area contributed by atoms with Gasteiger partial charge in [-0.05, 0) is 37.8 Å². The Hall–Kier alpha value is -0.480. The lowest BCUT2D eigenvalue weighted by Crippen LogP contribution is -2.35. The molecule has 1 saturated heterocycles. The van der Waals surface area contributed by atoms with Crippen LogP contribution in [0.5, 0.6) is 0 Å². The Morgan fingerprint density at radius 1 is 1.47 bits per heavy atom. The molecule has 4 heteroatoms. The van der Waals surface area contributed by atoms with E-state index in [0.29, 0.717) is 0 Å². The molecule has 0 aliphatic carbocycles. The van der Waals surface area contributed by atoms with Crippen LogP contribution in [-0.2, 0) is 13.1 Å². The summed E-state index contributed by atoms with van der Waals surface area (Å²) >= 11 is 2.09. The summed E-state index contributed by atoms with van der Waals surface area (Å²) in [7, 11) is 2.24. The first-order chi connectivity index (χ1) is 8.31. The number of rotatable bonds is 5. The molecule has 0 spiro atoms. The maximum Gasteiger partial charge on any atom is 0.122 e. The molecule has 0 saturated carbocycles. The molecule has 3 nitrogen and oxygen atoms in total. The number of hydrogen-bond acceptors (Lipinski definition) is 3. The second kappa shape index (κ2) is 6.45. The topological polar surface area (TPSA) is 21.1 Å². The molecule has 0 N–H and O–H groups in total. The fourth-order valence-corrected chi connectivity index (χ4v) is 3.50. The van der Waals surface area contributed by atoms with Gasteiger partial charge in [0.15, 0.2) is 0 Å². The van der Waals surface area contributed by atoms with Gasteiger partial charge in [-0.2, -0.15) is 11.8 Å². The Bertz CT molecular complexity index is 331. The van der Waals surface area contributed by atoms with Gasteiger partial charge in [0.1, 0.15) is 5.82 Å². The van der Waals surface area contributed by atoms with E-state index in [1.165, 1.54) is 36.6 Å². The number of aromatic nitrogens is 2. The van der Waals surface area contributed by atoms with Crippen molar-refractivity contribution in [3.63, 3.8) is 0 Å². The van der Waals surface area contributed by atoms with Crippen LogP contribution in [0.15, 0.2) is 12.4 Å². The van der Waals surface area contributed by atoms with Crippen LogP contribution in [-0.4, -0.2) is 39.0 Å². The quantitative estimate of drug-likeness (QED) is 0.805. The van der Waals surface area contributed by atoms with Crippen molar-refractivity contribution in [2.75, 3.05) is 18.6 Å². The van der Waals surface area contributed by atoms with Gasteiger partial charge in [0.25, 0.3) is 0 Å². The van der Waals surface area contributed by atoms with Crippen LogP contribution in [0.2, 0.25) is 0 Å². The monoisotopic (exact) mass is 253 g/mol. The molecule has 1 aliphatic rings. The highest BCUT2D eigenvalue weighted by atomic mass is 32.2. The maximum absolute atomic E-state index is 4.49. The fourth-order valence-electron chi connectivity index (χ4n) is 2.41. The van der Waals surface area contributed by atoms with Crippen LogP contribution >= 0.6 is 11.8 Å². The van der Waals surface area contributed by atoms with E-state index >= 15 is 0 Å². The Morgan fingerprint density at radius 3 is 2.94 bits per heavy atom. The zero-order valence-electron chi connectivity index (χ0n) is 10.9. The third kappa shape index (κ3) is 3.49. The molecule has 2 rings (SSSR count). The van der Waals surface area contributed by atoms with Crippen LogP contribution in [0.1, 0.15) is 32.0 Å². The van der Waals surface area contributed by atoms with Gasteiger partial charge in [-0.3, -0.25) is 4.90 Å². The Kier molecular flexibility index (Phi) is 4.92. The van der Waals surface area contributed by atoms with Crippen LogP contribution in [0.3, 0.4) is 0 Å². The van der Waals surface area contributed by atoms with Gasteiger partial charge in [-0.15, -0.1) is 0 Å². The van der Waals surface area contributed by atoms with Crippen molar-refractivity contribution in [1.29, 1.82) is 0 Å². The average molecular weight is 253 g/mol. The lowest BCUT2D eigenvalue weighted by Gasteiger charge is -2.30. The summed E-state index contributed by atoms with van der Waals surface area (Å²) in [6, 6.07) is 0.753. The van der Waals surface area contributed by atoms with E-state index in [4.69, 9.17) is 0 Å². The predicted octanol–water partition coefficient (Wildman–Crippen LogP) is 2.62. The second-order valence-electron chi connectivity index (χ2n) is 4.80. The van der Waals surface area contributed by atoms with Crippen molar-refractivity contribution in [2.45, 2.75) is 45.3 Å². The van der Waals surface area contributed by atoms with Crippen molar-refractivity contribution in [2.24, 2.45) is 0 Å². The van der Waals surface area contributed by atoms with Gasteiger partial charge in [-0.25, -0.2) is 4.98 Å². The van der Waals surface area contributed by atoms with Crippen molar-refractivity contribution >= 4 is 11.8 Å². The molecular weight excluding hydrogens is 230 g/mol. The van der Waals surface area contributed by atoms with Gasteiger partial charge < -0.3 is 4.57 Å². The zero-order valence-corrected chi connectivity index (χ0v) is 11.7. The molecule has 0 unspecified atom stereocenters. The van der Waals surface area contributed by atoms with E-state index in [0.717, 1.165) is 19.1 Å². The molecular formula is C13H23N3S.